The monoisotopic (exact) mass is 438 g/mol. The summed E-state index contributed by atoms with van der Waals surface area (Å²) in [6.07, 6.45) is 2.64. The van der Waals surface area contributed by atoms with Crippen LogP contribution in [-0.4, -0.2) is 84.6 Å². The molecule has 4 rings (SSSR count). The molecule has 1 aromatic heterocycles. The van der Waals surface area contributed by atoms with Gasteiger partial charge >= 0.3 is 0 Å². The number of amides is 2. The molecule has 2 amide bonds. The van der Waals surface area contributed by atoms with E-state index in [0.29, 0.717) is 31.2 Å². The van der Waals surface area contributed by atoms with Crippen molar-refractivity contribution >= 4 is 21.8 Å². The minimum absolute atomic E-state index is 0.139. The zero-order chi connectivity index (χ0) is 21.6. The van der Waals surface area contributed by atoms with Gasteiger partial charge in [-0.15, -0.1) is 0 Å². The molecular formula is C19H26N4O6S. The second-order valence-electron chi connectivity index (χ2n) is 8.23. The summed E-state index contributed by atoms with van der Waals surface area (Å²) in [7, 11) is -3.77. The Labute approximate surface area is 175 Å². The van der Waals surface area contributed by atoms with Gasteiger partial charge in [-0.05, 0) is 12.0 Å². The molecule has 2 atom stereocenters. The van der Waals surface area contributed by atoms with E-state index in [9.17, 15) is 18.0 Å². The minimum Gasteiger partial charge on any atom is -0.379 e. The number of aromatic nitrogens is 1. The Morgan fingerprint density at radius 2 is 2.00 bits per heavy atom. The van der Waals surface area contributed by atoms with Crippen molar-refractivity contribution in [3.63, 3.8) is 0 Å². The second-order valence-corrected chi connectivity index (χ2v) is 10.1. The molecule has 164 valence electrons. The average Bonchev–Trinajstić information content (AvgIpc) is 3.35. The van der Waals surface area contributed by atoms with Crippen LogP contribution in [0.1, 0.15) is 30.1 Å². The molecule has 0 saturated carbocycles. The molecule has 0 aromatic carbocycles. The molecule has 3 aliphatic heterocycles. The second kappa shape index (κ2) is 7.78. The number of carbonyl (C=O) groups is 2. The average molecular weight is 439 g/mol. The van der Waals surface area contributed by atoms with E-state index in [0.717, 1.165) is 23.7 Å². The quantitative estimate of drug-likeness (QED) is 0.645. The molecule has 2 saturated heterocycles. The molecule has 0 bridgehead atoms. The molecule has 0 N–H and O–H groups in total. The molecule has 0 aliphatic carbocycles. The van der Waals surface area contributed by atoms with E-state index in [2.05, 4.69) is 10.1 Å². The fourth-order valence-electron chi connectivity index (χ4n) is 4.39. The number of rotatable bonds is 5. The minimum atomic E-state index is -3.77. The van der Waals surface area contributed by atoms with Gasteiger partial charge in [0.15, 0.2) is 11.5 Å². The van der Waals surface area contributed by atoms with Crippen molar-refractivity contribution in [2.45, 2.75) is 26.4 Å². The highest BCUT2D eigenvalue weighted by Gasteiger charge is 2.55. The smallest absolute Gasteiger partial charge is 0.276 e. The van der Waals surface area contributed by atoms with Crippen molar-refractivity contribution in [1.29, 1.82) is 0 Å². The summed E-state index contributed by atoms with van der Waals surface area (Å²) in [5, 5.41) is 3.93. The van der Waals surface area contributed by atoms with Crippen LogP contribution < -0.4 is 0 Å². The Hall–Kier alpha value is -2.24. The molecule has 11 heteroatoms. The number of morpholine rings is 1. The Morgan fingerprint density at radius 3 is 2.63 bits per heavy atom. The van der Waals surface area contributed by atoms with Crippen molar-refractivity contribution in [1.82, 2.24) is 19.3 Å². The van der Waals surface area contributed by atoms with E-state index in [1.54, 1.807) is 12.1 Å². The number of hydrogen-bond acceptors (Lipinski definition) is 8. The number of hydrogen-bond donors (Lipinski definition) is 0. The Morgan fingerprint density at radius 1 is 1.30 bits per heavy atom. The summed E-state index contributed by atoms with van der Waals surface area (Å²) in [6, 6.07) is 0.991. The van der Waals surface area contributed by atoms with Gasteiger partial charge in [0.25, 0.3) is 5.91 Å². The van der Waals surface area contributed by atoms with Crippen LogP contribution in [0.25, 0.3) is 0 Å². The standard InChI is InChI=1S/C19H26N4O6S/c1-12(2)16-17-15(23(19(16)25)30(3,26)27)4-5-22(17)18(24)14-10-13(29-20-14)11-21-6-8-28-9-7-21/h4,10,12,16-17H,5-9,11H2,1-3H3/t16-,17+/m1/s1. The van der Waals surface area contributed by atoms with Crippen LogP contribution in [-0.2, 0) is 26.1 Å². The first-order valence-electron chi connectivity index (χ1n) is 9.99. The zero-order valence-corrected chi connectivity index (χ0v) is 18.1. The van der Waals surface area contributed by atoms with Gasteiger partial charge in [-0.2, -0.15) is 0 Å². The summed E-state index contributed by atoms with van der Waals surface area (Å²) in [5.41, 5.74) is 0.507. The third kappa shape index (κ3) is 3.65. The first-order valence-corrected chi connectivity index (χ1v) is 11.8. The van der Waals surface area contributed by atoms with Gasteiger partial charge in [-0.25, -0.2) is 12.7 Å². The lowest BCUT2D eigenvalue weighted by atomic mass is 9.89. The number of nitrogens with zero attached hydrogens (tertiary/aromatic N) is 4. The first kappa shape index (κ1) is 21.0. The van der Waals surface area contributed by atoms with Crippen molar-refractivity contribution in [2.24, 2.45) is 11.8 Å². The van der Waals surface area contributed by atoms with Crippen molar-refractivity contribution < 1.29 is 27.3 Å². The maximum atomic E-state index is 13.2. The van der Waals surface area contributed by atoms with E-state index in [1.807, 2.05) is 13.8 Å². The molecule has 3 aliphatic rings. The topological polar surface area (TPSA) is 113 Å². The predicted molar refractivity (Wildman–Crippen MR) is 106 cm³/mol. The van der Waals surface area contributed by atoms with Gasteiger partial charge in [0.05, 0.1) is 43.7 Å². The summed E-state index contributed by atoms with van der Waals surface area (Å²) < 4.78 is 36.0. The normalized spacial score (nSPS) is 25.2. The number of ether oxygens (including phenoxy) is 1. The molecule has 0 unspecified atom stereocenters. The number of sulfonamides is 1. The summed E-state index contributed by atoms with van der Waals surface area (Å²) >= 11 is 0. The molecule has 0 spiro atoms. The first-order chi connectivity index (χ1) is 14.2. The van der Waals surface area contributed by atoms with Gasteiger partial charge < -0.3 is 14.2 Å². The van der Waals surface area contributed by atoms with E-state index in [-0.39, 0.29) is 24.1 Å². The molecular weight excluding hydrogens is 412 g/mol. The number of fused-ring (bicyclic) bond motifs is 1. The Balaban J connectivity index is 1.55. The van der Waals surface area contributed by atoms with Crippen molar-refractivity contribution in [3.05, 3.63) is 29.3 Å². The fourth-order valence-corrected chi connectivity index (χ4v) is 5.41. The highest BCUT2D eigenvalue weighted by atomic mass is 32.2. The lowest BCUT2D eigenvalue weighted by Gasteiger charge is -2.28. The molecule has 10 nitrogen and oxygen atoms in total. The Kier molecular flexibility index (Phi) is 5.45. The molecule has 4 heterocycles. The zero-order valence-electron chi connectivity index (χ0n) is 17.3. The van der Waals surface area contributed by atoms with Crippen molar-refractivity contribution in [2.75, 3.05) is 39.1 Å². The predicted octanol–water partition coefficient (Wildman–Crippen LogP) is 0.289. The largest absolute Gasteiger partial charge is 0.379 e. The lowest BCUT2D eigenvalue weighted by molar-refractivity contribution is -0.128. The highest BCUT2D eigenvalue weighted by Crippen LogP contribution is 2.41. The van der Waals surface area contributed by atoms with Crippen LogP contribution in [0.4, 0.5) is 0 Å². The van der Waals surface area contributed by atoms with E-state index in [4.69, 9.17) is 9.26 Å². The fraction of sp³-hybridized carbons (Fsp3) is 0.632. The number of carbonyl (C=O) groups excluding carboxylic acids is 2. The molecule has 1 aromatic rings. The van der Waals surface area contributed by atoms with Crippen LogP contribution >= 0.6 is 0 Å². The Bertz CT molecular complexity index is 979. The van der Waals surface area contributed by atoms with Gasteiger partial charge in [0, 0.05) is 25.7 Å². The summed E-state index contributed by atoms with van der Waals surface area (Å²) in [4.78, 5) is 29.7. The highest BCUT2D eigenvalue weighted by molar-refractivity contribution is 7.89. The SMILES string of the molecule is CC(C)[C@H]1C(=O)N(S(C)(=O)=O)C2=CCN(C(=O)c3cc(CN4CCOCC4)on3)[C@@H]21. The maximum absolute atomic E-state index is 13.2. The third-order valence-corrected chi connectivity index (χ3v) is 6.82. The molecule has 2 fully saturated rings. The van der Waals surface area contributed by atoms with E-state index < -0.39 is 27.9 Å². The van der Waals surface area contributed by atoms with Gasteiger partial charge in [0.2, 0.25) is 15.9 Å². The third-order valence-electron chi connectivity index (χ3n) is 5.77. The maximum Gasteiger partial charge on any atom is 0.276 e. The van der Waals surface area contributed by atoms with Crippen LogP contribution in [0.3, 0.4) is 0 Å². The summed E-state index contributed by atoms with van der Waals surface area (Å²) in [6.45, 7) is 7.33. The van der Waals surface area contributed by atoms with Crippen LogP contribution in [0.5, 0.6) is 0 Å². The lowest BCUT2D eigenvalue weighted by Crippen LogP contribution is -2.43. The van der Waals surface area contributed by atoms with Gasteiger partial charge in [-0.1, -0.05) is 19.0 Å². The van der Waals surface area contributed by atoms with Crippen molar-refractivity contribution in [3.8, 4) is 0 Å². The molecule has 30 heavy (non-hydrogen) atoms. The van der Waals surface area contributed by atoms with E-state index in [1.165, 1.54) is 4.90 Å². The van der Waals surface area contributed by atoms with Crippen LogP contribution in [0, 0.1) is 11.8 Å². The molecule has 0 radical (unpaired) electrons. The van der Waals surface area contributed by atoms with Gasteiger partial charge in [0.1, 0.15) is 0 Å². The summed E-state index contributed by atoms with van der Waals surface area (Å²) in [5.74, 6) is -1.06. The van der Waals surface area contributed by atoms with E-state index >= 15 is 0 Å². The van der Waals surface area contributed by atoms with Crippen LogP contribution in [0.15, 0.2) is 22.4 Å². The van der Waals surface area contributed by atoms with Crippen LogP contribution in [0.2, 0.25) is 0 Å². The van der Waals surface area contributed by atoms with Gasteiger partial charge in [-0.3, -0.25) is 14.5 Å².